The molecule has 6 nitrogen and oxygen atoms in total. The van der Waals surface area contributed by atoms with Gasteiger partial charge in [-0.05, 0) is 40.4 Å². The lowest BCUT2D eigenvalue weighted by Gasteiger charge is -2.12. The Bertz CT molecular complexity index is 460. The summed E-state index contributed by atoms with van der Waals surface area (Å²) in [5, 5.41) is 11.5. The van der Waals surface area contributed by atoms with E-state index in [-0.39, 0.29) is 17.6 Å². The highest BCUT2D eigenvalue weighted by Gasteiger charge is 2.26. The number of nitrogens with zero attached hydrogens (tertiary/aromatic N) is 1. The zero-order valence-electron chi connectivity index (χ0n) is 9.56. The third kappa shape index (κ3) is 3.04. The SMILES string of the molecule is O=C(NC[C@H]1CCN(C(=O)O)C1)c1ccc(Br)o1. The van der Waals surface area contributed by atoms with E-state index in [2.05, 4.69) is 21.2 Å². The molecule has 1 fully saturated rings. The molecular formula is C11H13BrN2O4. The van der Waals surface area contributed by atoms with Crippen LogP contribution >= 0.6 is 15.9 Å². The van der Waals surface area contributed by atoms with Crippen molar-refractivity contribution in [3.05, 3.63) is 22.6 Å². The van der Waals surface area contributed by atoms with Crippen molar-refractivity contribution in [1.29, 1.82) is 0 Å². The van der Waals surface area contributed by atoms with Crippen molar-refractivity contribution >= 4 is 27.9 Å². The summed E-state index contributed by atoms with van der Waals surface area (Å²) in [5.41, 5.74) is 0. The molecule has 0 radical (unpaired) electrons. The van der Waals surface area contributed by atoms with Crippen LogP contribution in [0.5, 0.6) is 0 Å². The summed E-state index contributed by atoms with van der Waals surface area (Å²) in [6, 6.07) is 3.23. The third-order valence-electron chi connectivity index (χ3n) is 2.90. The van der Waals surface area contributed by atoms with Gasteiger partial charge in [-0.1, -0.05) is 0 Å². The van der Waals surface area contributed by atoms with E-state index in [1.807, 2.05) is 0 Å². The molecule has 1 aliphatic rings. The van der Waals surface area contributed by atoms with Crippen LogP contribution in [0.2, 0.25) is 0 Å². The molecule has 1 aromatic heterocycles. The topological polar surface area (TPSA) is 82.8 Å². The zero-order chi connectivity index (χ0) is 13.1. The molecule has 2 rings (SSSR count). The number of carboxylic acid groups (broad SMARTS) is 1. The Kier molecular flexibility index (Phi) is 3.90. The van der Waals surface area contributed by atoms with Gasteiger partial charge in [-0.25, -0.2) is 4.79 Å². The van der Waals surface area contributed by atoms with E-state index in [0.717, 1.165) is 6.42 Å². The van der Waals surface area contributed by atoms with Gasteiger partial charge in [-0.3, -0.25) is 4.79 Å². The molecule has 0 bridgehead atoms. The minimum atomic E-state index is -0.904. The smallest absolute Gasteiger partial charge is 0.407 e. The molecule has 1 aromatic rings. The Morgan fingerprint density at radius 1 is 1.56 bits per heavy atom. The number of hydrogen-bond acceptors (Lipinski definition) is 3. The molecule has 0 unspecified atom stereocenters. The quantitative estimate of drug-likeness (QED) is 0.890. The lowest BCUT2D eigenvalue weighted by atomic mass is 10.1. The van der Waals surface area contributed by atoms with Gasteiger partial charge in [-0.2, -0.15) is 0 Å². The van der Waals surface area contributed by atoms with Crippen LogP contribution in [0.4, 0.5) is 4.79 Å². The molecule has 98 valence electrons. The Morgan fingerprint density at radius 2 is 2.33 bits per heavy atom. The van der Waals surface area contributed by atoms with Gasteiger partial charge in [0.1, 0.15) is 0 Å². The molecule has 2 N–H and O–H groups in total. The van der Waals surface area contributed by atoms with Crippen molar-refractivity contribution in [3.63, 3.8) is 0 Å². The summed E-state index contributed by atoms with van der Waals surface area (Å²) in [7, 11) is 0. The fourth-order valence-electron chi connectivity index (χ4n) is 1.93. The van der Waals surface area contributed by atoms with Crippen molar-refractivity contribution in [3.8, 4) is 0 Å². The second-order valence-corrected chi connectivity index (χ2v) is 4.98. The molecule has 1 aliphatic heterocycles. The summed E-state index contributed by atoms with van der Waals surface area (Å²) in [5.74, 6) is 0.132. The number of furan rings is 1. The Labute approximate surface area is 112 Å². The van der Waals surface area contributed by atoms with E-state index in [1.54, 1.807) is 12.1 Å². The lowest BCUT2D eigenvalue weighted by molar-refractivity contribution is 0.0918. The number of hydrogen-bond donors (Lipinski definition) is 2. The van der Waals surface area contributed by atoms with E-state index in [0.29, 0.717) is 24.3 Å². The van der Waals surface area contributed by atoms with Crippen molar-refractivity contribution < 1.29 is 19.1 Å². The second-order valence-electron chi connectivity index (χ2n) is 4.20. The van der Waals surface area contributed by atoms with Crippen molar-refractivity contribution in [2.45, 2.75) is 6.42 Å². The Balaban J connectivity index is 1.79. The maximum atomic E-state index is 11.7. The molecule has 7 heteroatoms. The van der Waals surface area contributed by atoms with Gasteiger partial charge in [0.05, 0.1) is 0 Å². The highest BCUT2D eigenvalue weighted by Crippen LogP contribution is 2.16. The van der Waals surface area contributed by atoms with E-state index in [4.69, 9.17) is 9.52 Å². The maximum Gasteiger partial charge on any atom is 0.407 e. The first kappa shape index (κ1) is 12.9. The molecule has 1 saturated heterocycles. The van der Waals surface area contributed by atoms with Crippen LogP contribution in [0, 0.1) is 5.92 Å². The molecule has 2 amide bonds. The monoisotopic (exact) mass is 316 g/mol. The minimum Gasteiger partial charge on any atom is -0.465 e. The molecule has 1 atom stereocenters. The van der Waals surface area contributed by atoms with Crippen molar-refractivity contribution in [1.82, 2.24) is 10.2 Å². The first-order valence-electron chi connectivity index (χ1n) is 5.57. The van der Waals surface area contributed by atoms with Gasteiger partial charge < -0.3 is 19.7 Å². The fraction of sp³-hybridized carbons (Fsp3) is 0.455. The standard InChI is InChI=1S/C11H13BrN2O4/c12-9-2-1-8(18-9)10(15)13-5-7-3-4-14(6-7)11(16)17/h1-2,7H,3-6H2,(H,13,15)(H,16,17)/t7-/m1/s1. The summed E-state index contributed by atoms with van der Waals surface area (Å²) in [6.45, 7) is 1.46. The van der Waals surface area contributed by atoms with Crippen LogP contribution in [0.15, 0.2) is 21.2 Å². The number of carbonyl (C=O) groups excluding carboxylic acids is 1. The number of nitrogens with one attached hydrogen (secondary N) is 1. The predicted octanol–water partition coefficient (Wildman–Crippen LogP) is 1.77. The van der Waals surface area contributed by atoms with Crippen LogP contribution in [0.3, 0.4) is 0 Å². The van der Waals surface area contributed by atoms with Crippen LogP contribution in [0.25, 0.3) is 0 Å². The van der Waals surface area contributed by atoms with E-state index < -0.39 is 6.09 Å². The number of rotatable bonds is 3. The fourth-order valence-corrected chi connectivity index (χ4v) is 2.24. The van der Waals surface area contributed by atoms with Crippen molar-refractivity contribution in [2.24, 2.45) is 5.92 Å². The first-order chi connectivity index (χ1) is 8.56. The van der Waals surface area contributed by atoms with Crippen molar-refractivity contribution in [2.75, 3.05) is 19.6 Å². The molecule has 0 saturated carbocycles. The van der Waals surface area contributed by atoms with Gasteiger partial charge in [0.15, 0.2) is 10.4 Å². The molecule has 2 heterocycles. The highest BCUT2D eigenvalue weighted by molar-refractivity contribution is 9.10. The molecule has 0 aromatic carbocycles. The average Bonchev–Trinajstić information content (AvgIpc) is 2.94. The number of likely N-dealkylation sites (tertiary alicyclic amines) is 1. The predicted molar refractivity (Wildman–Crippen MR) is 66.4 cm³/mol. The van der Waals surface area contributed by atoms with Gasteiger partial charge in [0.2, 0.25) is 0 Å². The van der Waals surface area contributed by atoms with Crippen LogP contribution < -0.4 is 5.32 Å². The van der Waals surface area contributed by atoms with Gasteiger partial charge in [-0.15, -0.1) is 0 Å². The van der Waals surface area contributed by atoms with E-state index in [1.165, 1.54) is 4.90 Å². The van der Waals surface area contributed by atoms with Crippen LogP contribution in [-0.2, 0) is 0 Å². The van der Waals surface area contributed by atoms with Gasteiger partial charge in [0.25, 0.3) is 5.91 Å². The van der Waals surface area contributed by atoms with Crippen LogP contribution in [0.1, 0.15) is 17.0 Å². The number of carbonyl (C=O) groups is 2. The maximum absolute atomic E-state index is 11.7. The van der Waals surface area contributed by atoms with E-state index >= 15 is 0 Å². The average molecular weight is 317 g/mol. The molecule has 0 aliphatic carbocycles. The lowest BCUT2D eigenvalue weighted by Crippen LogP contribution is -2.32. The first-order valence-corrected chi connectivity index (χ1v) is 6.37. The molecular weight excluding hydrogens is 304 g/mol. The Hall–Kier alpha value is -1.50. The van der Waals surface area contributed by atoms with E-state index in [9.17, 15) is 9.59 Å². The largest absolute Gasteiger partial charge is 0.465 e. The minimum absolute atomic E-state index is 0.170. The van der Waals surface area contributed by atoms with Gasteiger partial charge >= 0.3 is 6.09 Å². The summed E-state index contributed by atoms with van der Waals surface area (Å²) >= 11 is 3.12. The highest BCUT2D eigenvalue weighted by atomic mass is 79.9. The summed E-state index contributed by atoms with van der Waals surface area (Å²) in [4.78, 5) is 23.8. The van der Waals surface area contributed by atoms with Crippen LogP contribution in [-0.4, -0.2) is 41.6 Å². The molecule has 0 spiro atoms. The number of halogens is 1. The number of amides is 2. The Morgan fingerprint density at radius 3 is 2.89 bits per heavy atom. The molecule has 18 heavy (non-hydrogen) atoms. The normalized spacial score (nSPS) is 18.9. The third-order valence-corrected chi connectivity index (χ3v) is 3.33. The zero-order valence-corrected chi connectivity index (χ0v) is 11.1. The summed E-state index contributed by atoms with van der Waals surface area (Å²) < 4.78 is 5.63. The van der Waals surface area contributed by atoms with Gasteiger partial charge in [0, 0.05) is 19.6 Å². The second kappa shape index (κ2) is 5.43. The summed E-state index contributed by atoms with van der Waals surface area (Å²) in [6.07, 6.45) is -0.132.